The van der Waals surface area contributed by atoms with Crippen LogP contribution in [0.4, 0.5) is 0 Å². The summed E-state index contributed by atoms with van der Waals surface area (Å²) in [4.78, 5) is 3.46. The van der Waals surface area contributed by atoms with E-state index in [0.29, 0.717) is 0 Å². The fourth-order valence-corrected chi connectivity index (χ4v) is 2.09. The second-order valence-electron chi connectivity index (χ2n) is 4.48. The third-order valence-electron chi connectivity index (χ3n) is 3.11. The second kappa shape index (κ2) is 3.74. The molecule has 0 aliphatic heterocycles. The summed E-state index contributed by atoms with van der Waals surface area (Å²) in [6.45, 7) is 4.22. The molecule has 0 aliphatic carbocycles. The van der Waals surface area contributed by atoms with E-state index in [0.717, 1.165) is 11.3 Å². The molecule has 0 saturated carbocycles. The molecule has 0 fully saturated rings. The van der Waals surface area contributed by atoms with Crippen LogP contribution in [0.5, 0.6) is 0 Å². The van der Waals surface area contributed by atoms with Gasteiger partial charge in [-0.15, -0.1) is 0 Å². The molecule has 0 aliphatic rings. The molecule has 17 heavy (non-hydrogen) atoms. The minimum atomic E-state index is 1.15. The monoisotopic (exact) mass is 223 g/mol. The average Bonchev–Trinajstić information content (AvgIpc) is 2.75. The lowest BCUT2D eigenvalue weighted by molar-refractivity contribution is -0.509. The van der Waals surface area contributed by atoms with E-state index < -0.39 is 0 Å². The standard InChI is InChI=1S/C15H14N2/c1-11-5-7-13(8-6-11)14-10-17-9-3-4-12(2)15(17)16-14/h3-10H,1-2H3/p+1. The van der Waals surface area contributed by atoms with Crippen LogP contribution in [0.2, 0.25) is 0 Å². The molecule has 0 spiro atoms. The van der Waals surface area contributed by atoms with E-state index in [4.69, 9.17) is 0 Å². The molecule has 0 unspecified atom stereocenters. The van der Waals surface area contributed by atoms with Crippen molar-refractivity contribution in [2.45, 2.75) is 13.8 Å². The van der Waals surface area contributed by atoms with Crippen molar-refractivity contribution in [2.24, 2.45) is 0 Å². The quantitative estimate of drug-likeness (QED) is 0.612. The zero-order valence-corrected chi connectivity index (χ0v) is 10.1. The number of hydrogen-bond acceptors (Lipinski definition) is 0. The van der Waals surface area contributed by atoms with Gasteiger partial charge in [0.05, 0.1) is 6.20 Å². The second-order valence-corrected chi connectivity index (χ2v) is 4.48. The van der Waals surface area contributed by atoms with E-state index in [1.165, 1.54) is 16.7 Å². The first-order valence-electron chi connectivity index (χ1n) is 5.81. The first-order valence-corrected chi connectivity index (χ1v) is 5.81. The summed E-state index contributed by atoms with van der Waals surface area (Å²) < 4.78 is 2.13. The summed E-state index contributed by atoms with van der Waals surface area (Å²) in [7, 11) is 0. The van der Waals surface area contributed by atoms with E-state index in [9.17, 15) is 0 Å². The van der Waals surface area contributed by atoms with Crippen molar-refractivity contribution in [3.63, 3.8) is 0 Å². The Kier molecular flexibility index (Phi) is 2.22. The number of imidazole rings is 1. The Morgan fingerprint density at radius 3 is 2.47 bits per heavy atom. The number of aromatic nitrogens is 2. The topological polar surface area (TPSA) is 19.9 Å². The highest BCUT2D eigenvalue weighted by atomic mass is 15.0. The van der Waals surface area contributed by atoms with Crippen LogP contribution in [-0.2, 0) is 0 Å². The van der Waals surface area contributed by atoms with Gasteiger partial charge >= 0.3 is 0 Å². The number of nitrogens with zero attached hydrogens (tertiary/aromatic N) is 1. The van der Waals surface area contributed by atoms with Gasteiger partial charge in [0.15, 0.2) is 5.69 Å². The Balaban J connectivity index is 2.18. The Bertz CT molecular complexity index is 663. The smallest absolute Gasteiger partial charge is 0.236 e. The number of H-pyrrole nitrogens is 1. The third-order valence-corrected chi connectivity index (χ3v) is 3.11. The lowest BCUT2D eigenvalue weighted by Gasteiger charge is -1.93. The number of benzene rings is 1. The van der Waals surface area contributed by atoms with E-state index >= 15 is 0 Å². The van der Waals surface area contributed by atoms with Crippen molar-refractivity contribution in [1.29, 1.82) is 0 Å². The summed E-state index contributed by atoms with van der Waals surface area (Å²) in [5.74, 6) is 0. The van der Waals surface area contributed by atoms with Crippen molar-refractivity contribution in [3.8, 4) is 11.3 Å². The SMILES string of the molecule is Cc1ccc(-c2c[n+]3cccc(C)c3[nH]2)cc1. The fraction of sp³-hybridized carbons (Fsp3) is 0.133. The number of fused-ring (bicyclic) bond motifs is 1. The van der Waals surface area contributed by atoms with Crippen LogP contribution in [0.15, 0.2) is 48.8 Å². The lowest BCUT2D eigenvalue weighted by atomic mass is 10.1. The first kappa shape index (κ1) is 10.1. The van der Waals surface area contributed by atoms with Crippen LogP contribution in [0.1, 0.15) is 11.1 Å². The minimum Gasteiger partial charge on any atom is -0.236 e. The van der Waals surface area contributed by atoms with Gasteiger partial charge in [-0.25, -0.2) is 9.38 Å². The van der Waals surface area contributed by atoms with Gasteiger partial charge in [-0.05, 0) is 26.0 Å². The number of rotatable bonds is 1. The molecular formula is C15H15N2+. The molecule has 1 N–H and O–H groups in total. The fourth-order valence-electron chi connectivity index (χ4n) is 2.09. The van der Waals surface area contributed by atoms with Crippen LogP contribution < -0.4 is 4.40 Å². The number of pyridine rings is 1. The van der Waals surface area contributed by atoms with Crippen LogP contribution in [0.3, 0.4) is 0 Å². The van der Waals surface area contributed by atoms with Crippen molar-refractivity contribution in [1.82, 2.24) is 4.98 Å². The molecular weight excluding hydrogens is 208 g/mol. The maximum Gasteiger partial charge on any atom is 0.287 e. The maximum absolute atomic E-state index is 3.46. The van der Waals surface area contributed by atoms with Gasteiger partial charge in [0.25, 0.3) is 5.65 Å². The van der Waals surface area contributed by atoms with Gasteiger partial charge in [-0.1, -0.05) is 29.8 Å². The third kappa shape index (κ3) is 1.72. The van der Waals surface area contributed by atoms with E-state index in [1.807, 2.05) is 0 Å². The van der Waals surface area contributed by atoms with Crippen LogP contribution >= 0.6 is 0 Å². The molecule has 1 aromatic carbocycles. The zero-order valence-electron chi connectivity index (χ0n) is 10.1. The van der Waals surface area contributed by atoms with E-state index in [-0.39, 0.29) is 0 Å². The molecule has 0 amide bonds. The number of aryl methyl sites for hydroxylation is 2. The molecule has 3 aromatic rings. The summed E-state index contributed by atoms with van der Waals surface area (Å²) in [5, 5.41) is 0. The van der Waals surface area contributed by atoms with Crippen molar-refractivity contribution in [2.75, 3.05) is 0 Å². The van der Waals surface area contributed by atoms with Crippen molar-refractivity contribution >= 4 is 5.65 Å². The average molecular weight is 223 g/mol. The Morgan fingerprint density at radius 2 is 1.76 bits per heavy atom. The van der Waals surface area contributed by atoms with Crippen LogP contribution in [-0.4, -0.2) is 4.98 Å². The van der Waals surface area contributed by atoms with Crippen LogP contribution in [0.25, 0.3) is 16.9 Å². The van der Waals surface area contributed by atoms with Gasteiger partial charge in [0.2, 0.25) is 0 Å². The normalized spacial score (nSPS) is 10.9. The Morgan fingerprint density at radius 1 is 1.00 bits per heavy atom. The summed E-state index contributed by atoms with van der Waals surface area (Å²) >= 11 is 0. The number of hydrogen-bond donors (Lipinski definition) is 1. The van der Waals surface area contributed by atoms with Gasteiger partial charge in [0.1, 0.15) is 6.20 Å². The van der Waals surface area contributed by atoms with Crippen LogP contribution in [0, 0.1) is 13.8 Å². The molecule has 0 bridgehead atoms. The van der Waals surface area contributed by atoms with Gasteiger partial charge in [-0.3, -0.25) is 0 Å². The number of nitrogens with one attached hydrogen (secondary N) is 1. The summed E-state index contributed by atoms with van der Waals surface area (Å²) in [5.41, 5.74) is 6.07. The van der Waals surface area contributed by atoms with Gasteiger partial charge in [-0.2, -0.15) is 0 Å². The highest BCUT2D eigenvalue weighted by molar-refractivity contribution is 5.61. The molecule has 0 radical (unpaired) electrons. The largest absolute Gasteiger partial charge is 0.287 e. The number of aromatic amines is 1. The van der Waals surface area contributed by atoms with Crippen molar-refractivity contribution < 1.29 is 4.40 Å². The highest BCUT2D eigenvalue weighted by Gasteiger charge is 2.11. The Labute approximate surface area is 101 Å². The Hall–Kier alpha value is -2.09. The summed E-state index contributed by atoms with van der Waals surface area (Å²) in [6, 6.07) is 12.8. The van der Waals surface area contributed by atoms with E-state index in [2.05, 4.69) is 72.0 Å². The van der Waals surface area contributed by atoms with E-state index in [1.54, 1.807) is 0 Å². The minimum absolute atomic E-state index is 1.15. The van der Waals surface area contributed by atoms with Gasteiger partial charge in [0, 0.05) is 11.1 Å². The molecule has 3 rings (SSSR count). The predicted octanol–water partition coefficient (Wildman–Crippen LogP) is 3.04. The molecule has 0 atom stereocenters. The molecule has 2 nitrogen and oxygen atoms in total. The molecule has 0 saturated heterocycles. The highest BCUT2D eigenvalue weighted by Crippen LogP contribution is 2.17. The first-order chi connectivity index (χ1) is 8.24. The lowest BCUT2D eigenvalue weighted by Crippen LogP contribution is -2.17. The summed E-state index contributed by atoms with van der Waals surface area (Å²) in [6.07, 6.45) is 4.20. The van der Waals surface area contributed by atoms with Gasteiger partial charge < -0.3 is 0 Å². The molecule has 2 aromatic heterocycles. The molecule has 2 heterocycles. The predicted molar refractivity (Wildman–Crippen MR) is 68.9 cm³/mol. The molecule has 84 valence electrons. The maximum atomic E-state index is 3.46. The van der Waals surface area contributed by atoms with Crippen molar-refractivity contribution in [3.05, 3.63) is 59.9 Å². The molecule has 2 heteroatoms. The zero-order chi connectivity index (χ0) is 11.8.